The molecule has 136 valence electrons. The van der Waals surface area contributed by atoms with Gasteiger partial charge in [0.15, 0.2) is 0 Å². The Balaban J connectivity index is 1.61. The molecular formula is C19H24F2N2O2. The fraction of sp³-hybridized carbons (Fsp3) is 0.579. The first-order chi connectivity index (χ1) is 11.9. The molecule has 4 nitrogen and oxygen atoms in total. The second-order valence-electron chi connectivity index (χ2n) is 7.26. The van der Waals surface area contributed by atoms with Crippen molar-refractivity contribution in [3.63, 3.8) is 0 Å². The number of nitrogens with zero attached hydrogens (tertiary/aromatic N) is 2. The summed E-state index contributed by atoms with van der Waals surface area (Å²) in [5.74, 6) is -1.89. The maximum absolute atomic E-state index is 13.8. The van der Waals surface area contributed by atoms with Crippen LogP contribution in [0.15, 0.2) is 18.2 Å². The van der Waals surface area contributed by atoms with Crippen LogP contribution in [0.1, 0.15) is 49.9 Å². The van der Waals surface area contributed by atoms with Gasteiger partial charge in [-0.1, -0.05) is 0 Å². The van der Waals surface area contributed by atoms with Gasteiger partial charge < -0.3 is 9.80 Å². The Hall–Kier alpha value is -1.98. The molecule has 1 aromatic rings. The second-order valence-corrected chi connectivity index (χ2v) is 7.26. The number of amides is 2. The van der Waals surface area contributed by atoms with E-state index in [0.29, 0.717) is 32.0 Å². The molecule has 0 bridgehead atoms. The number of benzene rings is 1. The van der Waals surface area contributed by atoms with E-state index >= 15 is 0 Å². The summed E-state index contributed by atoms with van der Waals surface area (Å²) in [5, 5.41) is 0. The van der Waals surface area contributed by atoms with Gasteiger partial charge in [0.2, 0.25) is 5.91 Å². The number of hydrogen-bond donors (Lipinski definition) is 0. The maximum Gasteiger partial charge on any atom is 0.256 e. The molecule has 1 aliphatic carbocycles. The molecule has 2 fully saturated rings. The largest absolute Gasteiger partial charge is 0.339 e. The molecule has 1 saturated carbocycles. The molecule has 1 aromatic carbocycles. The summed E-state index contributed by atoms with van der Waals surface area (Å²) in [6.45, 7) is 4.91. The van der Waals surface area contributed by atoms with Crippen LogP contribution in [0.3, 0.4) is 0 Å². The highest BCUT2D eigenvalue weighted by atomic mass is 19.1. The Kier molecular flexibility index (Phi) is 5.06. The van der Waals surface area contributed by atoms with Crippen molar-refractivity contribution >= 4 is 11.8 Å². The number of carbonyl (C=O) groups excluding carboxylic acids is 2. The van der Waals surface area contributed by atoms with Gasteiger partial charge in [0.1, 0.15) is 11.6 Å². The molecule has 0 aromatic heterocycles. The summed E-state index contributed by atoms with van der Waals surface area (Å²) in [6.07, 6.45) is 3.32. The van der Waals surface area contributed by atoms with E-state index in [1.807, 2.05) is 18.7 Å². The van der Waals surface area contributed by atoms with Gasteiger partial charge in [-0.25, -0.2) is 8.78 Å². The van der Waals surface area contributed by atoms with Gasteiger partial charge >= 0.3 is 0 Å². The molecular weight excluding hydrogens is 326 g/mol. The smallest absolute Gasteiger partial charge is 0.256 e. The maximum atomic E-state index is 13.8. The van der Waals surface area contributed by atoms with Crippen LogP contribution in [-0.4, -0.2) is 46.8 Å². The lowest BCUT2D eigenvalue weighted by atomic mass is 9.94. The molecule has 3 rings (SSSR count). The standard InChI is InChI=1S/C19H24F2N2O2/c1-12(2)23(15-4-5-15)18(24)13-7-9-22(10-8-13)19(25)16-6-3-14(20)11-17(16)21/h3,6,11-13,15H,4-5,7-10H2,1-2H3. The fourth-order valence-electron chi connectivity index (χ4n) is 3.58. The first kappa shape index (κ1) is 17.8. The fourth-order valence-corrected chi connectivity index (χ4v) is 3.58. The zero-order chi connectivity index (χ0) is 18.1. The van der Waals surface area contributed by atoms with Crippen molar-refractivity contribution < 1.29 is 18.4 Å². The first-order valence-electron chi connectivity index (χ1n) is 8.95. The number of hydrogen-bond acceptors (Lipinski definition) is 2. The summed E-state index contributed by atoms with van der Waals surface area (Å²) in [7, 11) is 0. The Bertz CT molecular complexity index is 663. The third kappa shape index (κ3) is 3.83. The molecule has 1 saturated heterocycles. The van der Waals surface area contributed by atoms with E-state index in [1.54, 1.807) is 4.90 Å². The monoisotopic (exact) mass is 350 g/mol. The SMILES string of the molecule is CC(C)N(C(=O)C1CCN(C(=O)c2ccc(F)cc2F)CC1)C1CC1. The van der Waals surface area contributed by atoms with Crippen LogP contribution in [0, 0.1) is 17.6 Å². The summed E-state index contributed by atoms with van der Waals surface area (Å²) >= 11 is 0. The average Bonchev–Trinajstić information content (AvgIpc) is 3.39. The van der Waals surface area contributed by atoms with E-state index in [1.165, 1.54) is 6.07 Å². The summed E-state index contributed by atoms with van der Waals surface area (Å²) in [5.41, 5.74) is -0.118. The van der Waals surface area contributed by atoms with E-state index in [0.717, 1.165) is 25.0 Å². The zero-order valence-corrected chi connectivity index (χ0v) is 14.7. The van der Waals surface area contributed by atoms with Crippen LogP contribution < -0.4 is 0 Å². The zero-order valence-electron chi connectivity index (χ0n) is 14.7. The molecule has 0 spiro atoms. The van der Waals surface area contributed by atoms with E-state index in [-0.39, 0.29) is 23.4 Å². The Morgan fingerprint density at radius 1 is 1.12 bits per heavy atom. The predicted molar refractivity (Wildman–Crippen MR) is 90.0 cm³/mol. The topological polar surface area (TPSA) is 40.6 Å². The lowest BCUT2D eigenvalue weighted by Gasteiger charge is -2.36. The minimum absolute atomic E-state index is 0.0786. The van der Waals surface area contributed by atoms with E-state index < -0.39 is 17.5 Å². The van der Waals surface area contributed by atoms with Crippen molar-refractivity contribution in [2.24, 2.45) is 5.92 Å². The van der Waals surface area contributed by atoms with Gasteiger partial charge in [0.05, 0.1) is 5.56 Å². The summed E-state index contributed by atoms with van der Waals surface area (Å²) < 4.78 is 26.8. The van der Waals surface area contributed by atoms with Gasteiger partial charge in [-0.3, -0.25) is 9.59 Å². The van der Waals surface area contributed by atoms with Gasteiger partial charge in [-0.2, -0.15) is 0 Å². The summed E-state index contributed by atoms with van der Waals surface area (Å²) in [6, 6.07) is 3.55. The number of halogens is 2. The number of likely N-dealkylation sites (tertiary alicyclic amines) is 1. The van der Waals surface area contributed by atoms with Crippen LogP contribution in [0.4, 0.5) is 8.78 Å². The van der Waals surface area contributed by atoms with Crippen LogP contribution >= 0.6 is 0 Å². The Morgan fingerprint density at radius 2 is 1.76 bits per heavy atom. The van der Waals surface area contributed by atoms with Crippen LogP contribution in [0.2, 0.25) is 0 Å². The number of piperidine rings is 1. The molecule has 0 atom stereocenters. The van der Waals surface area contributed by atoms with E-state index in [9.17, 15) is 18.4 Å². The van der Waals surface area contributed by atoms with Crippen molar-refractivity contribution in [2.75, 3.05) is 13.1 Å². The van der Waals surface area contributed by atoms with Gasteiger partial charge in [0.25, 0.3) is 5.91 Å². The van der Waals surface area contributed by atoms with Gasteiger partial charge in [-0.05, 0) is 51.7 Å². The third-order valence-electron chi connectivity index (χ3n) is 5.04. The predicted octanol–water partition coefficient (Wildman–Crippen LogP) is 3.22. The minimum atomic E-state index is -0.845. The quantitative estimate of drug-likeness (QED) is 0.837. The van der Waals surface area contributed by atoms with Crippen LogP contribution in [0.5, 0.6) is 0 Å². The third-order valence-corrected chi connectivity index (χ3v) is 5.04. The molecule has 2 aliphatic rings. The molecule has 0 radical (unpaired) electrons. The van der Waals surface area contributed by atoms with Crippen molar-refractivity contribution in [3.8, 4) is 0 Å². The van der Waals surface area contributed by atoms with Crippen LogP contribution in [-0.2, 0) is 4.79 Å². The molecule has 2 amide bonds. The lowest BCUT2D eigenvalue weighted by Crippen LogP contribution is -2.47. The molecule has 0 unspecified atom stereocenters. The Labute approximate surface area is 146 Å². The first-order valence-corrected chi connectivity index (χ1v) is 8.95. The normalized spacial score (nSPS) is 18.5. The highest BCUT2D eigenvalue weighted by molar-refractivity contribution is 5.94. The van der Waals surface area contributed by atoms with Crippen molar-refractivity contribution in [2.45, 2.75) is 51.6 Å². The van der Waals surface area contributed by atoms with Crippen molar-refractivity contribution in [1.29, 1.82) is 0 Å². The van der Waals surface area contributed by atoms with Crippen molar-refractivity contribution in [1.82, 2.24) is 9.80 Å². The van der Waals surface area contributed by atoms with E-state index in [2.05, 4.69) is 0 Å². The summed E-state index contributed by atoms with van der Waals surface area (Å²) in [4.78, 5) is 28.8. The molecule has 25 heavy (non-hydrogen) atoms. The lowest BCUT2D eigenvalue weighted by molar-refractivity contribution is -0.139. The molecule has 1 aliphatic heterocycles. The number of carbonyl (C=O) groups is 2. The van der Waals surface area contributed by atoms with Crippen LogP contribution in [0.25, 0.3) is 0 Å². The second kappa shape index (κ2) is 7.10. The molecule has 1 heterocycles. The highest BCUT2D eigenvalue weighted by Gasteiger charge is 2.38. The van der Waals surface area contributed by atoms with Crippen molar-refractivity contribution in [3.05, 3.63) is 35.4 Å². The highest BCUT2D eigenvalue weighted by Crippen LogP contribution is 2.32. The van der Waals surface area contributed by atoms with E-state index in [4.69, 9.17) is 0 Å². The molecule has 0 N–H and O–H groups in total. The molecule has 6 heteroatoms. The van der Waals surface area contributed by atoms with Gasteiger partial charge in [-0.15, -0.1) is 0 Å². The van der Waals surface area contributed by atoms with Gasteiger partial charge in [0, 0.05) is 37.2 Å². The average molecular weight is 350 g/mol. The Morgan fingerprint density at radius 3 is 2.28 bits per heavy atom. The number of rotatable bonds is 4. The minimum Gasteiger partial charge on any atom is -0.339 e.